The van der Waals surface area contributed by atoms with Crippen LogP contribution < -0.4 is 10.5 Å². The second-order valence-electron chi connectivity index (χ2n) is 9.92. The van der Waals surface area contributed by atoms with Gasteiger partial charge < -0.3 is 10.5 Å². The second kappa shape index (κ2) is 9.96. The van der Waals surface area contributed by atoms with Crippen LogP contribution in [-0.2, 0) is 6.54 Å². The highest BCUT2D eigenvalue weighted by Crippen LogP contribution is 2.35. The largest absolute Gasteiger partial charge is 0.497 e. The first-order chi connectivity index (χ1) is 18.1. The molecule has 5 nitrogen and oxygen atoms in total. The fraction of sp³-hybridized carbons (Fsp3) is 0.258. The molecule has 4 aromatic rings. The Morgan fingerprint density at radius 3 is 2.43 bits per heavy atom. The Kier molecular flexibility index (Phi) is 6.37. The van der Waals surface area contributed by atoms with Gasteiger partial charge in [0.15, 0.2) is 0 Å². The molecule has 1 unspecified atom stereocenters. The summed E-state index contributed by atoms with van der Waals surface area (Å²) in [6.07, 6.45) is 1.58. The maximum absolute atomic E-state index is 13.7. The van der Waals surface area contributed by atoms with Crippen LogP contribution in [0.2, 0.25) is 0 Å². The number of ether oxygens (including phenoxy) is 1. The lowest BCUT2D eigenvalue weighted by molar-refractivity contribution is 0.0726. The molecule has 2 aliphatic heterocycles. The van der Waals surface area contributed by atoms with E-state index in [1.54, 1.807) is 19.2 Å². The van der Waals surface area contributed by atoms with E-state index in [1.807, 2.05) is 18.2 Å². The van der Waals surface area contributed by atoms with Gasteiger partial charge in [0, 0.05) is 36.3 Å². The molecule has 37 heavy (non-hydrogen) atoms. The molecule has 1 fully saturated rings. The molecule has 0 amide bonds. The Morgan fingerprint density at radius 1 is 0.919 bits per heavy atom. The third kappa shape index (κ3) is 4.70. The van der Waals surface area contributed by atoms with E-state index in [2.05, 4.69) is 52.4 Å². The maximum Gasteiger partial charge on any atom is 0.123 e. The highest BCUT2D eigenvalue weighted by Gasteiger charge is 2.34. The minimum atomic E-state index is -0.369. The van der Waals surface area contributed by atoms with Crippen molar-refractivity contribution in [1.82, 2.24) is 9.91 Å². The number of piperidine rings is 1. The molecule has 0 aliphatic carbocycles. The number of nitrogens with two attached hydrogens (primary N) is 1. The summed E-state index contributed by atoms with van der Waals surface area (Å²) in [4.78, 5) is 2.51. The van der Waals surface area contributed by atoms with Gasteiger partial charge >= 0.3 is 0 Å². The monoisotopic (exact) mass is 494 g/mol. The Bertz CT molecular complexity index is 1440. The summed E-state index contributed by atoms with van der Waals surface area (Å²) in [6.45, 7) is 2.90. The topological polar surface area (TPSA) is 54.1 Å². The second-order valence-corrected chi connectivity index (χ2v) is 9.92. The summed E-state index contributed by atoms with van der Waals surface area (Å²) in [5, 5.41) is 9.69. The van der Waals surface area contributed by atoms with Crippen LogP contribution in [0.1, 0.15) is 41.3 Å². The average Bonchev–Trinajstić information content (AvgIpc) is 2.94. The number of halogens is 1. The first-order valence-corrected chi connectivity index (χ1v) is 12.9. The summed E-state index contributed by atoms with van der Waals surface area (Å²) in [6, 6.07) is 27.9. The molecule has 188 valence electrons. The first kappa shape index (κ1) is 23.6. The standard InChI is InChI=1S/C31H31FN4O/c1-37-27-12-13-28-29(19-27)31(33)36(34-30(28)23-8-10-25(32)11-9-23)26-14-16-35(17-15-26)20-21-6-7-22-4-2-3-5-24(22)18-21/h2-13,18-19,26,31H,14-17,20,33H2,1H3. The predicted octanol–water partition coefficient (Wildman–Crippen LogP) is 5.68. The number of nitrogens with zero attached hydrogens (tertiary/aromatic N) is 3. The molecule has 0 aromatic heterocycles. The third-order valence-electron chi connectivity index (χ3n) is 7.60. The molecule has 0 bridgehead atoms. The molecular formula is C31H31FN4O. The molecule has 1 atom stereocenters. The zero-order valence-electron chi connectivity index (χ0n) is 21.0. The van der Waals surface area contributed by atoms with Gasteiger partial charge in [-0.3, -0.25) is 9.91 Å². The Balaban J connectivity index is 1.22. The van der Waals surface area contributed by atoms with E-state index in [9.17, 15) is 4.39 Å². The molecule has 0 spiro atoms. The van der Waals surface area contributed by atoms with Crippen molar-refractivity contribution in [2.75, 3.05) is 20.2 Å². The summed E-state index contributed by atoms with van der Waals surface area (Å²) in [5.41, 5.74) is 11.8. The van der Waals surface area contributed by atoms with Gasteiger partial charge in [-0.15, -0.1) is 0 Å². The van der Waals surface area contributed by atoms with E-state index >= 15 is 0 Å². The van der Waals surface area contributed by atoms with Crippen LogP contribution in [0, 0.1) is 5.82 Å². The fourth-order valence-electron chi connectivity index (χ4n) is 5.57. The van der Waals surface area contributed by atoms with Crippen LogP contribution in [0.15, 0.2) is 90.0 Å². The molecule has 2 heterocycles. The lowest BCUT2D eigenvalue weighted by Gasteiger charge is -2.42. The molecular weight excluding hydrogens is 463 g/mol. The van der Waals surface area contributed by atoms with Crippen molar-refractivity contribution in [2.24, 2.45) is 10.8 Å². The molecule has 2 N–H and O–H groups in total. The lowest BCUT2D eigenvalue weighted by Crippen LogP contribution is -2.48. The summed E-state index contributed by atoms with van der Waals surface area (Å²) < 4.78 is 19.1. The van der Waals surface area contributed by atoms with Crippen LogP contribution in [0.25, 0.3) is 10.8 Å². The number of hydrogen-bond acceptors (Lipinski definition) is 5. The van der Waals surface area contributed by atoms with Crippen LogP contribution in [0.3, 0.4) is 0 Å². The van der Waals surface area contributed by atoms with Crippen molar-refractivity contribution in [1.29, 1.82) is 0 Å². The van der Waals surface area contributed by atoms with E-state index in [-0.39, 0.29) is 18.0 Å². The van der Waals surface area contributed by atoms with Gasteiger partial charge in [0.2, 0.25) is 0 Å². The smallest absolute Gasteiger partial charge is 0.123 e. The lowest BCUT2D eigenvalue weighted by atomic mass is 9.92. The molecule has 1 saturated heterocycles. The molecule has 0 saturated carbocycles. The highest BCUT2D eigenvalue weighted by atomic mass is 19.1. The summed E-state index contributed by atoms with van der Waals surface area (Å²) in [5.74, 6) is 0.502. The van der Waals surface area contributed by atoms with Gasteiger partial charge in [-0.1, -0.05) is 36.4 Å². The van der Waals surface area contributed by atoms with Gasteiger partial charge in [0.05, 0.1) is 18.9 Å². The molecule has 6 rings (SSSR count). The van der Waals surface area contributed by atoms with Gasteiger partial charge in [0.1, 0.15) is 17.7 Å². The Morgan fingerprint density at radius 2 is 1.68 bits per heavy atom. The van der Waals surface area contributed by atoms with E-state index < -0.39 is 0 Å². The molecule has 0 radical (unpaired) electrons. The van der Waals surface area contributed by atoms with Crippen molar-refractivity contribution in [3.05, 3.63) is 113 Å². The number of benzene rings is 4. The van der Waals surface area contributed by atoms with E-state index in [0.29, 0.717) is 0 Å². The number of fused-ring (bicyclic) bond motifs is 2. The first-order valence-electron chi connectivity index (χ1n) is 12.9. The number of hydrogen-bond donors (Lipinski definition) is 1. The van der Waals surface area contributed by atoms with Crippen molar-refractivity contribution < 1.29 is 9.13 Å². The minimum absolute atomic E-state index is 0.220. The Labute approximate surface area is 217 Å². The van der Waals surface area contributed by atoms with Crippen LogP contribution in [0.4, 0.5) is 4.39 Å². The zero-order valence-corrected chi connectivity index (χ0v) is 21.0. The molecule has 6 heteroatoms. The van der Waals surface area contributed by atoms with Crippen LogP contribution >= 0.6 is 0 Å². The number of hydrazone groups is 1. The average molecular weight is 495 g/mol. The van der Waals surface area contributed by atoms with Crippen molar-refractivity contribution in [3.8, 4) is 5.75 Å². The SMILES string of the molecule is COc1ccc2c(c1)C(N)N(C1CCN(Cc3ccc4ccccc4c3)CC1)N=C2c1ccc(F)cc1. The normalized spacial score (nSPS) is 18.5. The van der Waals surface area contributed by atoms with E-state index in [4.69, 9.17) is 15.6 Å². The predicted molar refractivity (Wildman–Crippen MR) is 146 cm³/mol. The highest BCUT2D eigenvalue weighted by molar-refractivity contribution is 6.14. The summed E-state index contributed by atoms with van der Waals surface area (Å²) >= 11 is 0. The molecule has 2 aliphatic rings. The van der Waals surface area contributed by atoms with Gasteiger partial charge in [-0.05, 0) is 77.7 Å². The number of likely N-dealkylation sites (tertiary alicyclic amines) is 1. The fourth-order valence-corrected chi connectivity index (χ4v) is 5.57. The zero-order chi connectivity index (χ0) is 25.4. The van der Waals surface area contributed by atoms with E-state index in [1.165, 1.54) is 28.5 Å². The number of methoxy groups -OCH3 is 1. The van der Waals surface area contributed by atoms with Crippen molar-refractivity contribution in [3.63, 3.8) is 0 Å². The van der Waals surface area contributed by atoms with Gasteiger partial charge in [-0.2, -0.15) is 5.10 Å². The van der Waals surface area contributed by atoms with E-state index in [0.717, 1.165) is 60.6 Å². The van der Waals surface area contributed by atoms with Gasteiger partial charge in [0.25, 0.3) is 0 Å². The summed E-state index contributed by atoms with van der Waals surface area (Å²) in [7, 11) is 1.66. The number of rotatable bonds is 5. The molecule has 4 aromatic carbocycles. The van der Waals surface area contributed by atoms with Gasteiger partial charge in [-0.25, -0.2) is 4.39 Å². The van der Waals surface area contributed by atoms with Crippen LogP contribution in [0.5, 0.6) is 5.75 Å². The maximum atomic E-state index is 13.7. The van der Waals surface area contributed by atoms with Crippen LogP contribution in [-0.4, -0.2) is 41.9 Å². The quantitative estimate of drug-likeness (QED) is 0.388. The minimum Gasteiger partial charge on any atom is -0.497 e. The van der Waals surface area contributed by atoms with Crippen molar-refractivity contribution in [2.45, 2.75) is 31.6 Å². The van der Waals surface area contributed by atoms with Crippen molar-refractivity contribution >= 4 is 16.5 Å². The Hall–Kier alpha value is -3.74. The third-order valence-corrected chi connectivity index (χ3v) is 7.60.